The van der Waals surface area contributed by atoms with E-state index in [0.717, 1.165) is 81.6 Å². The third kappa shape index (κ3) is 3.79. The second-order valence-corrected chi connectivity index (χ2v) is 12.1. The Labute approximate surface area is 183 Å². The van der Waals surface area contributed by atoms with E-state index in [1.807, 2.05) is 0 Å². The SMILES string of the molecule is C[C@@]1(O)CC[C@H]2[C@@H](CC[C@@H]3[C@@H]2CC[C@]2(C)[C@@H](C(=O)CN4CCCOCC4)CC[C@@H]32)C1. The molecule has 4 aliphatic carbocycles. The maximum atomic E-state index is 13.4. The van der Waals surface area contributed by atoms with Gasteiger partial charge in [-0.05, 0) is 106 Å². The highest BCUT2D eigenvalue weighted by molar-refractivity contribution is 5.84. The zero-order valence-electron chi connectivity index (χ0n) is 19.3. The summed E-state index contributed by atoms with van der Waals surface area (Å²) in [5.74, 6) is 4.80. The fourth-order valence-electron chi connectivity index (χ4n) is 8.90. The minimum atomic E-state index is -0.430. The summed E-state index contributed by atoms with van der Waals surface area (Å²) in [6.07, 6.45) is 11.9. The molecule has 0 unspecified atom stereocenters. The number of ether oxygens (including phenoxy) is 1. The number of hydrogen-bond acceptors (Lipinski definition) is 4. The van der Waals surface area contributed by atoms with Crippen molar-refractivity contribution in [1.82, 2.24) is 4.90 Å². The van der Waals surface area contributed by atoms with E-state index in [1.165, 1.54) is 38.5 Å². The lowest BCUT2D eigenvalue weighted by Gasteiger charge is -2.56. The van der Waals surface area contributed by atoms with E-state index in [1.54, 1.807) is 0 Å². The molecule has 4 nitrogen and oxygen atoms in total. The molecule has 0 spiro atoms. The number of nitrogens with zero attached hydrogens (tertiary/aromatic N) is 1. The number of fused-ring (bicyclic) bond motifs is 5. The van der Waals surface area contributed by atoms with Crippen LogP contribution < -0.4 is 0 Å². The van der Waals surface area contributed by atoms with E-state index >= 15 is 0 Å². The largest absolute Gasteiger partial charge is 0.390 e. The van der Waals surface area contributed by atoms with E-state index in [9.17, 15) is 9.90 Å². The minimum absolute atomic E-state index is 0.230. The van der Waals surface area contributed by atoms with E-state index in [-0.39, 0.29) is 11.3 Å². The van der Waals surface area contributed by atoms with Crippen LogP contribution >= 0.6 is 0 Å². The van der Waals surface area contributed by atoms with Crippen molar-refractivity contribution in [3.63, 3.8) is 0 Å². The topological polar surface area (TPSA) is 49.8 Å². The quantitative estimate of drug-likeness (QED) is 0.744. The van der Waals surface area contributed by atoms with Crippen molar-refractivity contribution in [2.75, 3.05) is 32.8 Å². The Balaban J connectivity index is 1.27. The van der Waals surface area contributed by atoms with Crippen LogP contribution in [0.25, 0.3) is 0 Å². The highest BCUT2D eigenvalue weighted by Crippen LogP contribution is 2.64. The molecule has 1 aliphatic heterocycles. The average Bonchev–Trinajstić information content (AvgIpc) is 2.87. The molecule has 4 heteroatoms. The molecule has 1 saturated heterocycles. The predicted octanol–water partition coefficient (Wildman–Crippen LogP) is 4.30. The Bertz CT molecular complexity index is 640. The van der Waals surface area contributed by atoms with Gasteiger partial charge in [0, 0.05) is 25.6 Å². The maximum Gasteiger partial charge on any atom is 0.150 e. The van der Waals surface area contributed by atoms with Gasteiger partial charge >= 0.3 is 0 Å². The van der Waals surface area contributed by atoms with Gasteiger partial charge in [-0.1, -0.05) is 6.92 Å². The number of aliphatic hydroxyl groups is 1. The molecule has 8 atom stereocenters. The molecule has 5 fully saturated rings. The molecule has 1 heterocycles. The number of Topliss-reactive ketones (excluding diaryl/α,β-unsaturated/α-hetero) is 1. The standard InChI is InChI=1S/C26H43NO3/c1-25(29)10-8-19-18(16-25)4-5-21-20(19)9-11-26(2)22(21)6-7-23(26)24(28)17-27-12-3-14-30-15-13-27/h18-23,29H,3-17H2,1-2H3/t18-,19-,20+,21+,22-,23+,25+,26-/m0/s1. The summed E-state index contributed by atoms with van der Waals surface area (Å²) in [6.45, 7) is 8.71. The number of carbonyl (C=O) groups is 1. The Morgan fingerprint density at radius 2 is 1.80 bits per heavy atom. The highest BCUT2D eigenvalue weighted by atomic mass is 16.5. The zero-order chi connectivity index (χ0) is 20.9. The smallest absolute Gasteiger partial charge is 0.150 e. The van der Waals surface area contributed by atoms with Gasteiger partial charge in [0.15, 0.2) is 0 Å². The van der Waals surface area contributed by atoms with Gasteiger partial charge < -0.3 is 9.84 Å². The first kappa shape index (κ1) is 21.4. The maximum absolute atomic E-state index is 13.4. The van der Waals surface area contributed by atoms with Crippen LogP contribution in [0.5, 0.6) is 0 Å². The predicted molar refractivity (Wildman–Crippen MR) is 118 cm³/mol. The van der Waals surface area contributed by atoms with E-state index in [4.69, 9.17) is 4.74 Å². The minimum Gasteiger partial charge on any atom is -0.390 e. The second-order valence-electron chi connectivity index (χ2n) is 12.1. The first-order chi connectivity index (χ1) is 14.4. The van der Waals surface area contributed by atoms with E-state index < -0.39 is 5.60 Å². The van der Waals surface area contributed by atoms with E-state index in [2.05, 4.69) is 18.7 Å². The van der Waals surface area contributed by atoms with Crippen LogP contribution in [-0.4, -0.2) is 54.2 Å². The molecule has 0 aromatic carbocycles. The molecule has 0 aromatic rings. The Kier molecular flexibility index (Phi) is 5.82. The van der Waals surface area contributed by atoms with Crippen molar-refractivity contribution in [2.24, 2.45) is 40.9 Å². The van der Waals surface area contributed by atoms with E-state index in [0.29, 0.717) is 12.3 Å². The molecular formula is C26H43NO3. The van der Waals surface area contributed by atoms with Gasteiger partial charge in [-0.2, -0.15) is 0 Å². The molecule has 4 saturated carbocycles. The monoisotopic (exact) mass is 417 g/mol. The van der Waals surface area contributed by atoms with Gasteiger partial charge in [0.05, 0.1) is 18.8 Å². The number of hydrogen-bond donors (Lipinski definition) is 1. The number of rotatable bonds is 3. The lowest BCUT2D eigenvalue weighted by Crippen LogP contribution is -2.51. The van der Waals surface area contributed by atoms with Gasteiger partial charge in [0.2, 0.25) is 0 Å². The number of carbonyl (C=O) groups excluding carboxylic acids is 1. The second kappa shape index (κ2) is 8.15. The van der Waals surface area contributed by atoms with Gasteiger partial charge in [0.1, 0.15) is 5.78 Å². The highest BCUT2D eigenvalue weighted by Gasteiger charge is 2.58. The molecule has 5 aliphatic rings. The third-order valence-corrected chi connectivity index (χ3v) is 10.3. The Hall–Kier alpha value is -0.450. The Morgan fingerprint density at radius 1 is 0.967 bits per heavy atom. The fourth-order valence-corrected chi connectivity index (χ4v) is 8.90. The lowest BCUT2D eigenvalue weighted by atomic mass is 9.49. The first-order valence-electron chi connectivity index (χ1n) is 12.9. The zero-order valence-corrected chi connectivity index (χ0v) is 19.3. The van der Waals surface area contributed by atoms with Gasteiger partial charge in [-0.15, -0.1) is 0 Å². The van der Waals surface area contributed by atoms with Crippen molar-refractivity contribution in [3.8, 4) is 0 Å². The summed E-state index contributed by atoms with van der Waals surface area (Å²) in [4.78, 5) is 15.8. The fraction of sp³-hybridized carbons (Fsp3) is 0.962. The van der Waals surface area contributed by atoms with Crippen LogP contribution in [0.3, 0.4) is 0 Å². The van der Waals surface area contributed by atoms with Crippen molar-refractivity contribution in [2.45, 2.75) is 83.7 Å². The van der Waals surface area contributed by atoms with Crippen LogP contribution in [-0.2, 0) is 9.53 Å². The van der Waals surface area contributed by atoms with Gasteiger partial charge in [-0.25, -0.2) is 0 Å². The molecule has 30 heavy (non-hydrogen) atoms. The molecule has 5 rings (SSSR count). The molecule has 0 radical (unpaired) electrons. The van der Waals surface area contributed by atoms with Crippen molar-refractivity contribution in [3.05, 3.63) is 0 Å². The summed E-state index contributed by atoms with van der Waals surface area (Å²) in [6, 6.07) is 0. The average molecular weight is 418 g/mol. The van der Waals surface area contributed by atoms with Crippen LogP contribution in [0.1, 0.15) is 78.1 Å². The van der Waals surface area contributed by atoms with Crippen LogP contribution in [0, 0.1) is 40.9 Å². The summed E-state index contributed by atoms with van der Waals surface area (Å²) in [7, 11) is 0. The Morgan fingerprint density at radius 3 is 2.67 bits per heavy atom. The summed E-state index contributed by atoms with van der Waals surface area (Å²) in [5.41, 5.74) is -0.200. The molecule has 0 bridgehead atoms. The summed E-state index contributed by atoms with van der Waals surface area (Å²) >= 11 is 0. The van der Waals surface area contributed by atoms with Crippen molar-refractivity contribution >= 4 is 5.78 Å². The normalized spacial score (nSPS) is 49.6. The third-order valence-electron chi connectivity index (χ3n) is 10.3. The molecule has 0 amide bonds. The van der Waals surface area contributed by atoms with Crippen LogP contribution in [0.15, 0.2) is 0 Å². The summed E-state index contributed by atoms with van der Waals surface area (Å²) in [5, 5.41) is 10.6. The van der Waals surface area contributed by atoms with Gasteiger partial charge in [0.25, 0.3) is 0 Å². The summed E-state index contributed by atoms with van der Waals surface area (Å²) < 4.78 is 5.58. The molecule has 0 aromatic heterocycles. The van der Waals surface area contributed by atoms with Gasteiger partial charge in [-0.3, -0.25) is 9.69 Å². The molecule has 1 N–H and O–H groups in total. The molecular weight excluding hydrogens is 374 g/mol. The van der Waals surface area contributed by atoms with Crippen LogP contribution in [0.2, 0.25) is 0 Å². The van der Waals surface area contributed by atoms with Crippen LogP contribution in [0.4, 0.5) is 0 Å². The number of ketones is 1. The molecule has 170 valence electrons. The first-order valence-corrected chi connectivity index (χ1v) is 12.9. The van der Waals surface area contributed by atoms with Crippen molar-refractivity contribution in [1.29, 1.82) is 0 Å². The van der Waals surface area contributed by atoms with Crippen molar-refractivity contribution < 1.29 is 14.6 Å². The lowest BCUT2D eigenvalue weighted by molar-refractivity contribution is -0.133.